The van der Waals surface area contributed by atoms with Gasteiger partial charge in [-0.25, -0.2) is 4.79 Å². The van der Waals surface area contributed by atoms with Crippen molar-refractivity contribution in [1.29, 1.82) is 0 Å². The summed E-state index contributed by atoms with van der Waals surface area (Å²) in [5, 5.41) is 12.7. The summed E-state index contributed by atoms with van der Waals surface area (Å²) in [6.45, 7) is 15.9. The fourth-order valence-corrected chi connectivity index (χ4v) is 9.85. The van der Waals surface area contributed by atoms with Gasteiger partial charge in [-0.15, -0.1) is 0 Å². The molecule has 0 saturated carbocycles. The zero-order valence-corrected chi connectivity index (χ0v) is 35.2. The van der Waals surface area contributed by atoms with Gasteiger partial charge < -0.3 is 33.7 Å². The highest BCUT2D eigenvalue weighted by atomic mass is 16.7. The number of hydrogen-bond donors (Lipinski definition) is 1. The van der Waals surface area contributed by atoms with Crippen molar-refractivity contribution in [2.24, 2.45) is 28.7 Å². The molecule has 4 aliphatic rings. The molecule has 1 N–H and O–H groups in total. The standard InChI is InChI=1S/C44H62N4O9/c1-11-34-44(8)38-27(4)35(45-18-19-48(38)42(52)57-44)25(2)23-43(7,53-20-14-15-30-22-31-16-12-13-17-32(31)46-24-30)39(28(5)36(49)29(6)40(51)55-34)56-41-37(50)33(47(9)10)21-26(3)54-41/h12-17,22,24-29,33-34,37-39,41,50H,11,18-21,23H2,1-10H3/b15-14+/t25-,26-,27+,28+,29-,33+,34-,37-,38-,39-,41+,43-,44-/m1/s1. The molecule has 0 radical (unpaired) electrons. The van der Waals surface area contributed by atoms with Gasteiger partial charge in [0.15, 0.2) is 17.7 Å². The van der Waals surface area contributed by atoms with Crippen LogP contribution in [0.15, 0.2) is 47.6 Å². The highest BCUT2D eigenvalue weighted by molar-refractivity contribution is 6.00. The predicted octanol–water partition coefficient (Wildman–Crippen LogP) is 5.71. The number of aliphatic imine (C=N–C) groups is 1. The van der Waals surface area contributed by atoms with E-state index in [1.807, 2.05) is 89.3 Å². The Morgan fingerprint density at radius 3 is 2.53 bits per heavy atom. The molecule has 1 amide bonds. The third-order valence-corrected chi connectivity index (χ3v) is 12.8. The van der Waals surface area contributed by atoms with E-state index in [9.17, 15) is 19.5 Å². The molecule has 13 atom stereocenters. The molecule has 2 aromatic rings. The smallest absolute Gasteiger partial charge is 0.410 e. The molecule has 0 spiro atoms. The number of likely N-dealkylation sites (N-methyl/N-ethyl adjacent to an activating group) is 1. The number of carbonyl (C=O) groups excluding carboxylic acids is 3. The van der Waals surface area contributed by atoms with Gasteiger partial charge in [0, 0.05) is 41.7 Å². The van der Waals surface area contributed by atoms with E-state index < -0.39 is 71.5 Å². The van der Waals surface area contributed by atoms with Gasteiger partial charge in [-0.3, -0.25) is 24.5 Å². The summed E-state index contributed by atoms with van der Waals surface area (Å²) >= 11 is 0. The van der Waals surface area contributed by atoms with E-state index >= 15 is 0 Å². The molecular weight excluding hydrogens is 729 g/mol. The molecule has 1 aromatic heterocycles. The number of benzene rings is 1. The second-order valence-electron chi connectivity index (χ2n) is 17.3. The summed E-state index contributed by atoms with van der Waals surface area (Å²) in [6.07, 6.45) is 2.35. The third-order valence-electron chi connectivity index (χ3n) is 12.8. The summed E-state index contributed by atoms with van der Waals surface area (Å²) in [6, 6.07) is 9.24. The Balaban J connectivity index is 1.42. The third kappa shape index (κ3) is 8.55. The van der Waals surface area contributed by atoms with Crippen molar-refractivity contribution in [1.82, 2.24) is 14.8 Å². The fraction of sp³-hybridized carbons (Fsp3) is 0.659. The molecule has 6 rings (SSSR count). The molecule has 0 unspecified atom stereocenters. The number of aromatic nitrogens is 1. The molecule has 57 heavy (non-hydrogen) atoms. The lowest BCUT2D eigenvalue weighted by Gasteiger charge is -2.47. The van der Waals surface area contributed by atoms with Crippen LogP contribution >= 0.6 is 0 Å². The van der Waals surface area contributed by atoms with Gasteiger partial charge in [0.25, 0.3) is 0 Å². The molecule has 1 aromatic carbocycles. The van der Waals surface area contributed by atoms with Gasteiger partial charge in [-0.05, 0) is 84.7 Å². The first-order valence-corrected chi connectivity index (χ1v) is 20.6. The van der Waals surface area contributed by atoms with E-state index in [1.165, 1.54) is 0 Å². The molecule has 13 nitrogen and oxygen atoms in total. The number of carbonyl (C=O) groups is 3. The number of cyclic esters (lactones) is 1. The predicted molar refractivity (Wildman–Crippen MR) is 217 cm³/mol. The minimum Gasteiger partial charge on any atom is -0.458 e. The van der Waals surface area contributed by atoms with Crippen molar-refractivity contribution in [3.05, 3.63) is 48.2 Å². The second-order valence-corrected chi connectivity index (χ2v) is 17.3. The highest BCUT2D eigenvalue weighted by Crippen LogP contribution is 2.44. The molecule has 312 valence electrons. The number of nitrogens with zero attached hydrogens (tertiary/aromatic N) is 4. The number of ketones is 1. The zero-order valence-electron chi connectivity index (χ0n) is 35.2. The number of pyridine rings is 1. The molecule has 3 fully saturated rings. The lowest BCUT2D eigenvalue weighted by molar-refractivity contribution is -0.296. The van der Waals surface area contributed by atoms with E-state index in [1.54, 1.807) is 18.7 Å². The molecule has 4 aliphatic heterocycles. The number of aliphatic hydroxyl groups is 1. The van der Waals surface area contributed by atoms with Crippen LogP contribution in [0.4, 0.5) is 4.79 Å². The van der Waals surface area contributed by atoms with Crippen LogP contribution in [0.1, 0.15) is 80.2 Å². The van der Waals surface area contributed by atoms with Crippen LogP contribution in [0.5, 0.6) is 0 Å². The van der Waals surface area contributed by atoms with E-state index in [4.69, 9.17) is 28.7 Å². The maximum atomic E-state index is 14.6. The maximum Gasteiger partial charge on any atom is 0.410 e. The Morgan fingerprint density at radius 2 is 1.81 bits per heavy atom. The average Bonchev–Trinajstić information content (AvgIpc) is 3.30. The van der Waals surface area contributed by atoms with Crippen LogP contribution in [0.2, 0.25) is 0 Å². The number of para-hydroxylation sites is 1. The minimum atomic E-state index is -1.20. The molecule has 0 aliphatic carbocycles. The number of rotatable bonds is 8. The summed E-state index contributed by atoms with van der Waals surface area (Å²) in [5.41, 5.74) is 0.295. The summed E-state index contributed by atoms with van der Waals surface area (Å²) < 4.78 is 32.4. The average molecular weight is 791 g/mol. The van der Waals surface area contributed by atoms with E-state index in [2.05, 4.69) is 24.9 Å². The van der Waals surface area contributed by atoms with Crippen LogP contribution in [-0.4, -0.2) is 131 Å². The highest BCUT2D eigenvalue weighted by Gasteiger charge is 2.60. The topological polar surface area (TPSA) is 149 Å². The van der Waals surface area contributed by atoms with E-state index in [0.29, 0.717) is 32.4 Å². The minimum absolute atomic E-state index is 0.149. The van der Waals surface area contributed by atoms with Gasteiger partial charge in [-0.1, -0.05) is 58.0 Å². The largest absolute Gasteiger partial charge is 0.458 e. The quantitative estimate of drug-likeness (QED) is 0.259. The summed E-state index contributed by atoms with van der Waals surface area (Å²) in [4.78, 5) is 55.4. The number of esters is 1. The van der Waals surface area contributed by atoms with Crippen molar-refractivity contribution < 1.29 is 43.2 Å². The first-order valence-electron chi connectivity index (χ1n) is 20.6. The number of ether oxygens (including phenoxy) is 5. The maximum absolute atomic E-state index is 14.6. The lowest BCUT2D eigenvalue weighted by atomic mass is 9.73. The molecule has 2 bridgehead atoms. The van der Waals surface area contributed by atoms with Crippen LogP contribution < -0.4 is 0 Å². The van der Waals surface area contributed by atoms with Gasteiger partial charge in [0.05, 0.1) is 42.5 Å². The number of aliphatic hydroxyl groups excluding tert-OH is 1. The lowest BCUT2D eigenvalue weighted by Crippen LogP contribution is -2.60. The Labute approximate surface area is 337 Å². The van der Waals surface area contributed by atoms with Gasteiger partial charge in [-0.2, -0.15) is 0 Å². The van der Waals surface area contributed by atoms with Gasteiger partial charge >= 0.3 is 12.1 Å². The van der Waals surface area contributed by atoms with Crippen LogP contribution in [-0.2, 0) is 33.3 Å². The first-order chi connectivity index (χ1) is 27.0. The van der Waals surface area contributed by atoms with Crippen molar-refractivity contribution in [3.63, 3.8) is 0 Å². The number of Topliss-reactive ketones (excluding diaryl/α,β-unsaturated/α-hetero) is 1. The Hall–Kier alpha value is -3.75. The molecule has 13 heteroatoms. The van der Waals surface area contributed by atoms with Crippen molar-refractivity contribution in [3.8, 4) is 0 Å². The zero-order chi connectivity index (χ0) is 41.4. The molecule has 3 saturated heterocycles. The van der Waals surface area contributed by atoms with E-state index in [-0.39, 0.29) is 30.6 Å². The Bertz CT molecular complexity index is 1850. The number of fused-ring (bicyclic) bond motifs is 2. The van der Waals surface area contributed by atoms with Crippen molar-refractivity contribution in [2.45, 2.75) is 129 Å². The summed E-state index contributed by atoms with van der Waals surface area (Å²) in [7, 11) is 3.81. The first kappa shape index (κ1) is 42.8. The number of amides is 1. The van der Waals surface area contributed by atoms with Crippen LogP contribution in [0, 0.1) is 23.7 Å². The van der Waals surface area contributed by atoms with Gasteiger partial charge in [0.2, 0.25) is 0 Å². The number of hydrogen-bond acceptors (Lipinski definition) is 12. The SMILES string of the molecule is CC[C@H]1OC(=O)[C@H](C)C(=O)[C@H](C)[C@@H](O[C@@H]2O[C@H](C)C[C@H](N(C)C)[C@H]2O)[C@](C)(OC/C=C/c2cnc3ccccc3c2)C[C@@H](C)C2=NCCN3C(=O)O[C@@]1(C)[C@H]3[C@H]2C. The van der Waals surface area contributed by atoms with Crippen molar-refractivity contribution in [2.75, 3.05) is 33.8 Å². The van der Waals surface area contributed by atoms with Gasteiger partial charge in [0.1, 0.15) is 18.1 Å². The second kappa shape index (κ2) is 17.2. The fourth-order valence-electron chi connectivity index (χ4n) is 9.85. The Kier molecular flexibility index (Phi) is 13.0. The van der Waals surface area contributed by atoms with E-state index in [0.717, 1.165) is 22.2 Å². The Morgan fingerprint density at radius 1 is 1.07 bits per heavy atom. The monoisotopic (exact) mass is 790 g/mol. The van der Waals surface area contributed by atoms with Crippen molar-refractivity contribution >= 4 is 40.5 Å². The molecule has 5 heterocycles. The summed E-state index contributed by atoms with van der Waals surface area (Å²) in [5.74, 6) is -3.71. The van der Waals surface area contributed by atoms with Crippen LogP contribution in [0.25, 0.3) is 17.0 Å². The normalized spacial score (nSPS) is 38.2. The molecular formula is C44H62N4O9. The van der Waals surface area contributed by atoms with Crippen LogP contribution in [0.3, 0.4) is 0 Å².